The number of nitrogens with zero attached hydrogens (tertiary/aromatic N) is 2. The van der Waals surface area contributed by atoms with E-state index in [4.69, 9.17) is 4.74 Å². The molecule has 2 rings (SSSR count). The molecule has 0 aromatic rings. The van der Waals surface area contributed by atoms with Crippen molar-refractivity contribution >= 4 is 0 Å². The number of aliphatic hydroxyl groups excluding tert-OH is 1. The molecule has 0 bridgehead atoms. The highest BCUT2D eigenvalue weighted by Gasteiger charge is 2.26. The van der Waals surface area contributed by atoms with Crippen LogP contribution in [0.5, 0.6) is 0 Å². The highest BCUT2D eigenvalue weighted by Crippen LogP contribution is 2.18. The van der Waals surface area contributed by atoms with E-state index in [1.54, 1.807) is 0 Å². The summed E-state index contributed by atoms with van der Waals surface area (Å²) in [5.41, 5.74) is 0. The largest absolute Gasteiger partial charge is 0.395 e. The first kappa shape index (κ1) is 14.3. The van der Waals surface area contributed by atoms with Crippen molar-refractivity contribution < 1.29 is 9.84 Å². The Morgan fingerprint density at radius 2 is 2.11 bits per heavy atom. The summed E-state index contributed by atoms with van der Waals surface area (Å²) in [5, 5.41) is 9.52. The van der Waals surface area contributed by atoms with Crippen molar-refractivity contribution in [1.82, 2.24) is 9.80 Å². The minimum Gasteiger partial charge on any atom is -0.395 e. The van der Waals surface area contributed by atoms with Crippen molar-refractivity contribution in [3.8, 4) is 0 Å². The molecule has 0 spiro atoms. The van der Waals surface area contributed by atoms with Crippen LogP contribution in [-0.4, -0.2) is 73.0 Å². The minimum absolute atomic E-state index is 0.296. The van der Waals surface area contributed by atoms with Gasteiger partial charge in [-0.3, -0.25) is 9.80 Å². The zero-order chi connectivity index (χ0) is 12.8. The molecule has 2 saturated heterocycles. The summed E-state index contributed by atoms with van der Waals surface area (Å²) in [4.78, 5) is 4.91. The molecule has 0 aromatic carbocycles. The molecular formula is C14H28N2O2. The normalized spacial score (nSPS) is 32.3. The van der Waals surface area contributed by atoms with Crippen LogP contribution in [0, 0.1) is 0 Å². The second-order valence-electron chi connectivity index (χ2n) is 5.57. The van der Waals surface area contributed by atoms with E-state index >= 15 is 0 Å². The first-order chi connectivity index (χ1) is 8.83. The van der Waals surface area contributed by atoms with Crippen LogP contribution >= 0.6 is 0 Å². The lowest BCUT2D eigenvalue weighted by atomic mass is 10.1. The fraction of sp³-hybridized carbons (Fsp3) is 1.00. The first-order valence-corrected chi connectivity index (χ1v) is 7.52. The summed E-state index contributed by atoms with van der Waals surface area (Å²) < 4.78 is 5.88. The van der Waals surface area contributed by atoms with E-state index in [1.807, 2.05) is 0 Å². The van der Waals surface area contributed by atoms with E-state index < -0.39 is 0 Å². The van der Waals surface area contributed by atoms with Gasteiger partial charge in [-0.2, -0.15) is 0 Å². The number of aliphatic hydroxyl groups is 1. The molecule has 2 fully saturated rings. The number of likely N-dealkylation sites (tertiary alicyclic amines) is 1. The van der Waals surface area contributed by atoms with Crippen LogP contribution < -0.4 is 0 Å². The molecular weight excluding hydrogens is 228 g/mol. The maximum absolute atomic E-state index is 9.52. The molecule has 0 aliphatic carbocycles. The van der Waals surface area contributed by atoms with E-state index in [0.29, 0.717) is 18.8 Å². The monoisotopic (exact) mass is 256 g/mol. The van der Waals surface area contributed by atoms with Crippen LogP contribution in [0.15, 0.2) is 0 Å². The number of hydrogen-bond acceptors (Lipinski definition) is 4. The number of hydrogen-bond donors (Lipinski definition) is 1. The van der Waals surface area contributed by atoms with Gasteiger partial charge in [0.1, 0.15) is 0 Å². The van der Waals surface area contributed by atoms with Crippen LogP contribution in [0.3, 0.4) is 0 Å². The Labute approximate surface area is 111 Å². The van der Waals surface area contributed by atoms with Gasteiger partial charge in [-0.05, 0) is 25.9 Å². The zero-order valence-corrected chi connectivity index (χ0v) is 11.7. The molecule has 0 aromatic heterocycles. The first-order valence-electron chi connectivity index (χ1n) is 7.52. The molecule has 2 aliphatic heterocycles. The summed E-state index contributed by atoms with van der Waals surface area (Å²) in [6, 6.07) is 0.355. The molecule has 2 atom stereocenters. The lowest BCUT2D eigenvalue weighted by Crippen LogP contribution is -2.50. The van der Waals surface area contributed by atoms with Crippen molar-refractivity contribution in [3.05, 3.63) is 0 Å². The number of likely N-dealkylation sites (N-methyl/N-ethyl adjacent to an activating group) is 1. The lowest BCUT2D eigenvalue weighted by molar-refractivity contribution is -0.0498. The number of morpholine rings is 1. The Morgan fingerprint density at radius 1 is 1.22 bits per heavy atom. The SMILES string of the molecule is CCN1CCOC(CN2CCCCCC2CO)C1. The zero-order valence-electron chi connectivity index (χ0n) is 11.7. The molecule has 1 N–H and O–H groups in total. The molecule has 0 radical (unpaired) electrons. The quantitative estimate of drug-likeness (QED) is 0.812. The second kappa shape index (κ2) is 7.43. The Hall–Kier alpha value is -0.160. The number of ether oxygens (including phenoxy) is 1. The fourth-order valence-electron chi connectivity index (χ4n) is 3.12. The molecule has 2 unspecified atom stereocenters. The van der Waals surface area contributed by atoms with Crippen molar-refractivity contribution in [1.29, 1.82) is 0 Å². The Morgan fingerprint density at radius 3 is 2.89 bits per heavy atom. The Balaban J connectivity index is 1.85. The van der Waals surface area contributed by atoms with E-state index in [-0.39, 0.29) is 0 Å². The number of rotatable bonds is 4. The minimum atomic E-state index is 0.296. The fourth-order valence-corrected chi connectivity index (χ4v) is 3.12. The molecule has 106 valence electrons. The average Bonchev–Trinajstić information content (AvgIpc) is 2.64. The van der Waals surface area contributed by atoms with Gasteiger partial charge in [0.15, 0.2) is 0 Å². The van der Waals surface area contributed by atoms with Crippen LogP contribution in [0.25, 0.3) is 0 Å². The van der Waals surface area contributed by atoms with Gasteiger partial charge in [0.25, 0.3) is 0 Å². The third-order valence-corrected chi connectivity index (χ3v) is 4.32. The van der Waals surface area contributed by atoms with E-state index in [9.17, 15) is 5.11 Å². The van der Waals surface area contributed by atoms with E-state index in [2.05, 4.69) is 16.7 Å². The van der Waals surface area contributed by atoms with Gasteiger partial charge in [-0.15, -0.1) is 0 Å². The highest BCUT2D eigenvalue weighted by molar-refractivity contribution is 4.80. The standard InChI is InChI=1S/C14H28N2O2/c1-2-15-8-9-18-14(10-15)11-16-7-5-3-4-6-13(16)12-17/h13-14,17H,2-12H2,1H3. The maximum Gasteiger partial charge on any atom is 0.0829 e. The van der Waals surface area contributed by atoms with Crippen LogP contribution in [0.4, 0.5) is 0 Å². The highest BCUT2D eigenvalue weighted by atomic mass is 16.5. The summed E-state index contributed by atoms with van der Waals surface area (Å²) in [6.07, 6.45) is 5.29. The smallest absolute Gasteiger partial charge is 0.0829 e. The molecule has 0 amide bonds. The molecule has 4 heteroatoms. The predicted octanol–water partition coefficient (Wildman–Crippen LogP) is 0.944. The van der Waals surface area contributed by atoms with E-state index in [1.165, 1.54) is 19.3 Å². The van der Waals surface area contributed by atoms with Gasteiger partial charge in [0, 0.05) is 25.7 Å². The van der Waals surface area contributed by atoms with Gasteiger partial charge in [-0.1, -0.05) is 19.8 Å². The Bertz CT molecular complexity index is 238. The second-order valence-corrected chi connectivity index (χ2v) is 5.57. The topological polar surface area (TPSA) is 35.9 Å². The maximum atomic E-state index is 9.52. The van der Waals surface area contributed by atoms with Gasteiger partial charge >= 0.3 is 0 Å². The molecule has 2 aliphatic rings. The molecule has 4 nitrogen and oxygen atoms in total. The van der Waals surface area contributed by atoms with Crippen LogP contribution in [0.1, 0.15) is 32.6 Å². The third-order valence-electron chi connectivity index (χ3n) is 4.32. The molecule has 18 heavy (non-hydrogen) atoms. The van der Waals surface area contributed by atoms with Crippen molar-refractivity contribution in [3.63, 3.8) is 0 Å². The van der Waals surface area contributed by atoms with E-state index in [0.717, 1.165) is 45.8 Å². The van der Waals surface area contributed by atoms with Crippen molar-refractivity contribution in [2.24, 2.45) is 0 Å². The third kappa shape index (κ3) is 3.92. The molecule has 2 heterocycles. The summed E-state index contributed by atoms with van der Waals surface area (Å²) in [5.74, 6) is 0. The summed E-state index contributed by atoms with van der Waals surface area (Å²) >= 11 is 0. The summed E-state index contributed by atoms with van der Waals surface area (Å²) in [7, 11) is 0. The van der Waals surface area contributed by atoms with Gasteiger partial charge in [-0.25, -0.2) is 0 Å². The predicted molar refractivity (Wildman–Crippen MR) is 72.8 cm³/mol. The summed E-state index contributed by atoms with van der Waals surface area (Å²) in [6.45, 7) is 8.70. The lowest BCUT2D eigenvalue weighted by Gasteiger charge is -2.37. The van der Waals surface area contributed by atoms with Gasteiger partial charge < -0.3 is 9.84 Å². The van der Waals surface area contributed by atoms with Gasteiger partial charge in [0.2, 0.25) is 0 Å². The van der Waals surface area contributed by atoms with Gasteiger partial charge in [0.05, 0.1) is 19.3 Å². The van der Waals surface area contributed by atoms with Crippen LogP contribution in [-0.2, 0) is 4.74 Å². The van der Waals surface area contributed by atoms with Crippen molar-refractivity contribution in [2.45, 2.75) is 44.8 Å². The Kier molecular flexibility index (Phi) is 5.89. The average molecular weight is 256 g/mol. The van der Waals surface area contributed by atoms with Crippen molar-refractivity contribution in [2.75, 3.05) is 45.9 Å². The van der Waals surface area contributed by atoms with Crippen LogP contribution in [0.2, 0.25) is 0 Å². The molecule has 0 saturated carbocycles.